The molecule has 0 atom stereocenters. The zero-order valence-electron chi connectivity index (χ0n) is 9.25. The van der Waals surface area contributed by atoms with Gasteiger partial charge in [-0.25, -0.2) is 13.6 Å². The van der Waals surface area contributed by atoms with E-state index in [-0.39, 0.29) is 12.3 Å². The molecular formula is C10H11F2NO4. The van der Waals surface area contributed by atoms with Crippen molar-refractivity contribution in [1.29, 1.82) is 0 Å². The minimum Gasteiger partial charge on any atom is -0.491 e. The summed E-state index contributed by atoms with van der Waals surface area (Å²) in [6.45, 7) is 1.64. The average Bonchev–Trinajstić information content (AvgIpc) is 2.28. The number of carbonyl (C=O) groups is 1. The maximum absolute atomic E-state index is 12.6. The lowest BCUT2D eigenvalue weighted by atomic mass is 10.2. The molecule has 0 aromatic carbocycles. The second-order valence-electron chi connectivity index (χ2n) is 3.02. The summed E-state index contributed by atoms with van der Waals surface area (Å²) in [7, 11) is 1.10. The highest BCUT2D eigenvalue weighted by molar-refractivity contribution is 5.87. The number of aromatic amines is 1. The number of ether oxygens (including phenoxy) is 2. The zero-order valence-corrected chi connectivity index (χ0v) is 9.25. The number of alkyl halides is 2. The number of carbonyl (C=O) groups excluding carboxylic acids is 1. The number of nitrogens with one attached hydrogen (secondary N) is 1. The molecule has 0 unspecified atom stereocenters. The second-order valence-corrected chi connectivity index (χ2v) is 3.02. The van der Waals surface area contributed by atoms with Gasteiger partial charge < -0.3 is 14.5 Å². The monoisotopic (exact) mass is 247 g/mol. The van der Waals surface area contributed by atoms with Crippen LogP contribution in [0.3, 0.4) is 0 Å². The molecule has 1 aromatic heterocycles. The van der Waals surface area contributed by atoms with Gasteiger partial charge in [0.05, 0.1) is 19.3 Å². The van der Waals surface area contributed by atoms with E-state index < -0.39 is 29.3 Å². The molecule has 0 fully saturated rings. The molecule has 1 aromatic rings. The van der Waals surface area contributed by atoms with Crippen LogP contribution in [0.15, 0.2) is 10.9 Å². The van der Waals surface area contributed by atoms with E-state index >= 15 is 0 Å². The smallest absolute Gasteiger partial charge is 0.354 e. The molecule has 7 heteroatoms. The molecule has 0 bridgehead atoms. The molecule has 1 N–H and O–H groups in total. The minimum atomic E-state index is -2.92. The number of rotatable bonds is 4. The molecule has 0 aliphatic heterocycles. The first-order chi connectivity index (χ1) is 8.01. The predicted octanol–water partition coefficient (Wildman–Crippen LogP) is 1.50. The molecule has 17 heavy (non-hydrogen) atoms. The number of halogens is 2. The van der Waals surface area contributed by atoms with Gasteiger partial charge in [0.1, 0.15) is 5.69 Å². The maximum atomic E-state index is 12.6. The van der Waals surface area contributed by atoms with Crippen molar-refractivity contribution in [3.63, 3.8) is 0 Å². The van der Waals surface area contributed by atoms with Crippen LogP contribution in [0.2, 0.25) is 0 Å². The van der Waals surface area contributed by atoms with E-state index in [2.05, 4.69) is 14.5 Å². The van der Waals surface area contributed by atoms with Gasteiger partial charge in [-0.2, -0.15) is 0 Å². The minimum absolute atomic E-state index is 0.0803. The van der Waals surface area contributed by atoms with E-state index in [1.807, 2.05) is 0 Å². The first kappa shape index (κ1) is 13.1. The zero-order chi connectivity index (χ0) is 13.0. The largest absolute Gasteiger partial charge is 0.491 e. The summed E-state index contributed by atoms with van der Waals surface area (Å²) >= 11 is 0. The van der Waals surface area contributed by atoms with Gasteiger partial charge in [0.15, 0.2) is 5.75 Å². The third kappa shape index (κ3) is 2.80. The fourth-order valence-corrected chi connectivity index (χ4v) is 1.26. The molecule has 1 heterocycles. The number of hydrogen-bond acceptors (Lipinski definition) is 4. The Hall–Kier alpha value is -1.92. The molecule has 0 radical (unpaired) electrons. The van der Waals surface area contributed by atoms with Crippen molar-refractivity contribution in [2.24, 2.45) is 0 Å². The summed E-state index contributed by atoms with van der Waals surface area (Å²) in [5.74, 6) is -1.37. The molecule has 0 spiro atoms. The van der Waals surface area contributed by atoms with E-state index in [1.54, 1.807) is 6.92 Å². The summed E-state index contributed by atoms with van der Waals surface area (Å²) in [5.41, 5.74) is -1.86. The van der Waals surface area contributed by atoms with Gasteiger partial charge in [-0.1, -0.05) is 0 Å². The molecule has 0 amide bonds. The van der Waals surface area contributed by atoms with Crippen LogP contribution >= 0.6 is 0 Å². The molecule has 94 valence electrons. The van der Waals surface area contributed by atoms with Crippen molar-refractivity contribution in [3.8, 4) is 5.75 Å². The van der Waals surface area contributed by atoms with Crippen molar-refractivity contribution in [2.75, 3.05) is 13.7 Å². The Morgan fingerprint density at radius 2 is 2.18 bits per heavy atom. The van der Waals surface area contributed by atoms with Crippen molar-refractivity contribution in [1.82, 2.24) is 4.98 Å². The Morgan fingerprint density at radius 1 is 1.53 bits per heavy atom. The van der Waals surface area contributed by atoms with E-state index in [0.29, 0.717) is 0 Å². The first-order valence-corrected chi connectivity index (χ1v) is 4.77. The average molecular weight is 247 g/mol. The highest BCUT2D eigenvalue weighted by Crippen LogP contribution is 2.26. The molecule has 1 rings (SSSR count). The first-order valence-electron chi connectivity index (χ1n) is 4.77. The van der Waals surface area contributed by atoms with Crippen molar-refractivity contribution in [2.45, 2.75) is 13.3 Å². The van der Waals surface area contributed by atoms with E-state index in [1.165, 1.54) is 0 Å². The number of aromatic nitrogens is 1. The summed E-state index contributed by atoms with van der Waals surface area (Å²) in [5, 5.41) is 0. The van der Waals surface area contributed by atoms with Crippen LogP contribution in [0.25, 0.3) is 0 Å². The summed E-state index contributed by atoms with van der Waals surface area (Å²) in [4.78, 5) is 24.8. The standard InChI is InChI=1S/C10H11F2NO4/c1-3-17-10(15)6-4-5(8(11)12)7(16-2)9(14)13-6/h4,8H,3H2,1-2H3,(H,13,14). The Labute approximate surface area is 95.4 Å². The third-order valence-corrected chi connectivity index (χ3v) is 1.95. The molecule has 0 saturated carbocycles. The summed E-state index contributed by atoms with van der Waals surface area (Å²) in [6, 6.07) is 0.850. The third-order valence-electron chi connectivity index (χ3n) is 1.95. The van der Waals surface area contributed by atoms with Crippen LogP contribution in [0.5, 0.6) is 5.75 Å². The van der Waals surface area contributed by atoms with Crippen LogP contribution < -0.4 is 10.3 Å². The molecular weight excluding hydrogens is 236 g/mol. The van der Waals surface area contributed by atoms with Crippen LogP contribution in [0.4, 0.5) is 8.78 Å². The fourth-order valence-electron chi connectivity index (χ4n) is 1.26. The molecule has 5 nitrogen and oxygen atoms in total. The van der Waals surface area contributed by atoms with Crippen LogP contribution in [0.1, 0.15) is 29.4 Å². The second kappa shape index (κ2) is 5.42. The summed E-state index contributed by atoms with van der Waals surface area (Å²) < 4.78 is 34.4. The van der Waals surface area contributed by atoms with Gasteiger partial charge in [-0.3, -0.25) is 4.79 Å². The summed E-state index contributed by atoms with van der Waals surface area (Å²) in [6.07, 6.45) is -2.92. The SMILES string of the molecule is CCOC(=O)c1cc(C(F)F)c(OC)c(=O)[nH]1. The van der Waals surface area contributed by atoms with Gasteiger partial charge in [-0.15, -0.1) is 0 Å². The number of pyridine rings is 1. The van der Waals surface area contributed by atoms with Gasteiger partial charge in [-0.05, 0) is 13.0 Å². The Bertz CT molecular complexity index is 470. The lowest BCUT2D eigenvalue weighted by molar-refractivity contribution is 0.0518. The van der Waals surface area contributed by atoms with Gasteiger partial charge in [0.25, 0.3) is 12.0 Å². The highest BCUT2D eigenvalue weighted by Gasteiger charge is 2.21. The number of hydrogen-bond donors (Lipinski definition) is 1. The lowest BCUT2D eigenvalue weighted by Gasteiger charge is -2.08. The Balaban J connectivity index is 3.29. The number of esters is 1. The molecule has 0 aliphatic carbocycles. The number of H-pyrrole nitrogens is 1. The van der Waals surface area contributed by atoms with Crippen LogP contribution in [-0.4, -0.2) is 24.7 Å². The van der Waals surface area contributed by atoms with Crippen LogP contribution in [0, 0.1) is 0 Å². The van der Waals surface area contributed by atoms with Crippen LogP contribution in [-0.2, 0) is 4.74 Å². The Kier molecular flexibility index (Phi) is 4.19. The topological polar surface area (TPSA) is 68.4 Å². The maximum Gasteiger partial charge on any atom is 0.354 e. The van der Waals surface area contributed by atoms with E-state index in [0.717, 1.165) is 13.2 Å². The number of methoxy groups -OCH3 is 1. The predicted molar refractivity (Wildman–Crippen MR) is 54.5 cm³/mol. The molecule has 0 aliphatic rings. The van der Waals surface area contributed by atoms with Gasteiger partial charge >= 0.3 is 5.97 Å². The lowest BCUT2D eigenvalue weighted by Crippen LogP contribution is -2.18. The van der Waals surface area contributed by atoms with Crippen molar-refractivity contribution < 1.29 is 23.0 Å². The van der Waals surface area contributed by atoms with Crippen molar-refractivity contribution in [3.05, 3.63) is 27.7 Å². The molecule has 0 saturated heterocycles. The van der Waals surface area contributed by atoms with Crippen molar-refractivity contribution >= 4 is 5.97 Å². The van der Waals surface area contributed by atoms with E-state index in [9.17, 15) is 18.4 Å². The Morgan fingerprint density at radius 3 is 2.65 bits per heavy atom. The van der Waals surface area contributed by atoms with E-state index in [4.69, 9.17) is 0 Å². The highest BCUT2D eigenvalue weighted by atomic mass is 19.3. The van der Waals surface area contributed by atoms with Gasteiger partial charge in [0, 0.05) is 0 Å². The fraction of sp³-hybridized carbons (Fsp3) is 0.400. The normalized spacial score (nSPS) is 10.4. The quantitative estimate of drug-likeness (QED) is 0.818. The van der Waals surface area contributed by atoms with Gasteiger partial charge in [0.2, 0.25) is 0 Å².